The van der Waals surface area contributed by atoms with Crippen molar-refractivity contribution in [2.75, 3.05) is 6.54 Å². The van der Waals surface area contributed by atoms with Crippen LogP contribution in [0.2, 0.25) is 0 Å². The lowest BCUT2D eigenvalue weighted by Crippen LogP contribution is -2.23. The summed E-state index contributed by atoms with van der Waals surface area (Å²) in [6.07, 6.45) is 1.93. The normalized spacial score (nSPS) is 12.6. The van der Waals surface area contributed by atoms with Crippen molar-refractivity contribution >= 4 is 11.3 Å². The Morgan fingerprint density at radius 3 is 2.79 bits per heavy atom. The minimum atomic E-state index is -0.158. The zero-order valence-electron chi connectivity index (χ0n) is 11.4. The fourth-order valence-corrected chi connectivity index (χ4v) is 3.22. The van der Waals surface area contributed by atoms with E-state index in [2.05, 4.69) is 30.6 Å². The summed E-state index contributed by atoms with van der Waals surface area (Å²) in [5, 5.41) is 5.69. The number of benzene rings is 1. The van der Waals surface area contributed by atoms with Crippen LogP contribution >= 0.6 is 11.3 Å². The Balaban J connectivity index is 2.16. The minimum absolute atomic E-state index is 0.158. The summed E-state index contributed by atoms with van der Waals surface area (Å²) >= 11 is 1.78. The maximum atomic E-state index is 13.3. The molecule has 0 bridgehead atoms. The second kappa shape index (κ2) is 6.83. The first-order valence-corrected chi connectivity index (χ1v) is 7.60. The van der Waals surface area contributed by atoms with Gasteiger partial charge in [-0.05, 0) is 61.0 Å². The molecule has 1 N–H and O–H groups in total. The fourth-order valence-electron chi connectivity index (χ4n) is 2.22. The fraction of sp³-hybridized carbons (Fsp3) is 0.375. The van der Waals surface area contributed by atoms with Crippen LogP contribution in [0, 0.1) is 12.7 Å². The molecule has 0 fully saturated rings. The molecule has 1 atom stereocenters. The van der Waals surface area contributed by atoms with Crippen molar-refractivity contribution in [3.05, 3.63) is 57.5 Å². The Kier molecular flexibility index (Phi) is 5.11. The molecule has 0 spiro atoms. The summed E-state index contributed by atoms with van der Waals surface area (Å²) in [7, 11) is 0. The van der Waals surface area contributed by atoms with Crippen LogP contribution in [-0.4, -0.2) is 6.54 Å². The lowest BCUT2D eigenvalue weighted by atomic mass is 10.0. The maximum absolute atomic E-state index is 13.3. The summed E-state index contributed by atoms with van der Waals surface area (Å²) < 4.78 is 13.3. The highest BCUT2D eigenvalue weighted by molar-refractivity contribution is 7.10. The highest BCUT2D eigenvalue weighted by atomic mass is 32.1. The van der Waals surface area contributed by atoms with Gasteiger partial charge in [0.25, 0.3) is 0 Å². The molecule has 0 aliphatic heterocycles. The Morgan fingerprint density at radius 2 is 2.16 bits per heavy atom. The van der Waals surface area contributed by atoms with E-state index in [1.807, 2.05) is 6.07 Å². The largest absolute Gasteiger partial charge is 0.309 e. The van der Waals surface area contributed by atoms with Gasteiger partial charge in [0.15, 0.2) is 0 Å². The van der Waals surface area contributed by atoms with Crippen molar-refractivity contribution in [2.24, 2.45) is 0 Å². The molecular formula is C16H20FNS. The first-order valence-electron chi connectivity index (χ1n) is 6.72. The average Bonchev–Trinajstić information content (AvgIpc) is 2.81. The van der Waals surface area contributed by atoms with Gasteiger partial charge in [0.05, 0.1) is 0 Å². The van der Waals surface area contributed by atoms with Crippen molar-refractivity contribution in [1.29, 1.82) is 0 Å². The van der Waals surface area contributed by atoms with Gasteiger partial charge in [0, 0.05) is 10.9 Å². The van der Waals surface area contributed by atoms with Crippen LogP contribution in [0.5, 0.6) is 0 Å². The van der Waals surface area contributed by atoms with E-state index in [1.165, 1.54) is 16.5 Å². The predicted octanol–water partition coefficient (Wildman–Crippen LogP) is 4.48. The summed E-state index contributed by atoms with van der Waals surface area (Å²) in [6, 6.07) is 9.32. The van der Waals surface area contributed by atoms with E-state index in [9.17, 15) is 4.39 Å². The zero-order valence-corrected chi connectivity index (χ0v) is 12.3. The number of thiophene rings is 1. The molecule has 1 heterocycles. The molecule has 0 saturated carbocycles. The molecule has 0 aliphatic carbocycles. The Bertz CT molecular complexity index is 521. The SMILES string of the molecule is CCCNC(Cc1cccc(F)c1)c1sccc1C. The minimum Gasteiger partial charge on any atom is -0.309 e. The van der Waals surface area contributed by atoms with E-state index in [0.29, 0.717) is 0 Å². The topological polar surface area (TPSA) is 12.0 Å². The van der Waals surface area contributed by atoms with E-state index >= 15 is 0 Å². The van der Waals surface area contributed by atoms with Crippen LogP contribution in [0.25, 0.3) is 0 Å². The van der Waals surface area contributed by atoms with Gasteiger partial charge in [0.1, 0.15) is 5.82 Å². The first kappa shape index (κ1) is 14.2. The van der Waals surface area contributed by atoms with Gasteiger partial charge in [-0.1, -0.05) is 19.1 Å². The van der Waals surface area contributed by atoms with Gasteiger partial charge >= 0.3 is 0 Å². The van der Waals surface area contributed by atoms with Crippen LogP contribution in [0.3, 0.4) is 0 Å². The molecule has 2 rings (SSSR count). The summed E-state index contributed by atoms with van der Waals surface area (Å²) in [6.45, 7) is 5.28. The number of halogens is 1. The van der Waals surface area contributed by atoms with E-state index in [0.717, 1.165) is 24.9 Å². The van der Waals surface area contributed by atoms with Crippen molar-refractivity contribution < 1.29 is 4.39 Å². The highest BCUT2D eigenvalue weighted by Crippen LogP contribution is 2.27. The summed E-state index contributed by atoms with van der Waals surface area (Å²) in [5.41, 5.74) is 2.36. The van der Waals surface area contributed by atoms with E-state index in [-0.39, 0.29) is 11.9 Å². The van der Waals surface area contributed by atoms with Gasteiger partial charge in [-0.3, -0.25) is 0 Å². The molecule has 1 aromatic carbocycles. The summed E-state index contributed by atoms with van der Waals surface area (Å²) in [5.74, 6) is -0.158. The molecule has 1 nitrogen and oxygen atoms in total. The van der Waals surface area contributed by atoms with E-state index in [4.69, 9.17) is 0 Å². The Morgan fingerprint density at radius 1 is 1.32 bits per heavy atom. The van der Waals surface area contributed by atoms with Gasteiger partial charge < -0.3 is 5.32 Å². The third-order valence-electron chi connectivity index (χ3n) is 3.19. The van der Waals surface area contributed by atoms with Crippen molar-refractivity contribution in [1.82, 2.24) is 5.32 Å². The molecule has 2 aromatic rings. The van der Waals surface area contributed by atoms with Crippen LogP contribution in [-0.2, 0) is 6.42 Å². The lowest BCUT2D eigenvalue weighted by Gasteiger charge is -2.18. The monoisotopic (exact) mass is 277 g/mol. The third kappa shape index (κ3) is 3.88. The highest BCUT2D eigenvalue weighted by Gasteiger charge is 2.15. The van der Waals surface area contributed by atoms with Crippen molar-refractivity contribution in [2.45, 2.75) is 32.7 Å². The zero-order chi connectivity index (χ0) is 13.7. The molecule has 0 saturated heterocycles. The molecule has 3 heteroatoms. The quantitative estimate of drug-likeness (QED) is 0.821. The van der Waals surface area contributed by atoms with Crippen LogP contribution in [0.4, 0.5) is 4.39 Å². The molecule has 0 amide bonds. The average molecular weight is 277 g/mol. The molecule has 19 heavy (non-hydrogen) atoms. The second-order valence-electron chi connectivity index (χ2n) is 4.81. The molecule has 1 aromatic heterocycles. The molecule has 1 unspecified atom stereocenters. The van der Waals surface area contributed by atoms with Crippen molar-refractivity contribution in [3.8, 4) is 0 Å². The van der Waals surface area contributed by atoms with Crippen LogP contribution in [0.15, 0.2) is 35.7 Å². The van der Waals surface area contributed by atoms with Gasteiger partial charge in [0.2, 0.25) is 0 Å². The smallest absolute Gasteiger partial charge is 0.123 e. The summed E-state index contributed by atoms with van der Waals surface area (Å²) in [4.78, 5) is 1.36. The van der Waals surface area contributed by atoms with E-state index < -0.39 is 0 Å². The molecule has 0 aliphatic rings. The first-order chi connectivity index (χ1) is 9.20. The van der Waals surface area contributed by atoms with E-state index in [1.54, 1.807) is 23.5 Å². The number of rotatable bonds is 6. The standard InChI is InChI=1S/C16H20FNS/c1-3-8-18-15(16-12(2)7-9-19-16)11-13-5-4-6-14(17)10-13/h4-7,9-10,15,18H,3,8,11H2,1-2H3. The maximum Gasteiger partial charge on any atom is 0.123 e. The predicted molar refractivity (Wildman–Crippen MR) is 80.2 cm³/mol. The Labute approximate surface area is 118 Å². The van der Waals surface area contributed by atoms with Crippen LogP contribution < -0.4 is 5.32 Å². The number of aryl methyl sites for hydroxylation is 1. The van der Waals surface area contributed by atoms with Crippen LogP contribution in [0.1, 0.15) is 35.4 Å². The molecular weight excluding hydrogens is 257 g/mol. The van der Waals surface area contributed by atoms with Crippen molar-refractivity contribution in [3.63, 3.8) is 0 Å². The number of hydrogen-bond acceptors (Lipinski definition) is 2. The van der Waals surface area contributed by atoms with Gasteiger partial charge in [-0.15, -0.1) is 11.3 Å². The second-order valence-corrected chi connectivity index (χ2v) is 5.76. The number of nitrogens with one attached hydrogen (secondary N) is 1. The number of hydrogen-bond donors (Lipinski definition) is 1. The third-order valence-corrected chi connectivity index (χ3v) is 4.32. The molecule has 102 valence electrons. The lowest BCUT2D eigenvalue weighted by molar-refractivity contribution is 0.532. The Hall–Kier alpha value is -1.19. The van der Waals surface area contributed by atoms with Gasteiger partial charge in [-0.25, -0.2) is 4.39 Å². The molecule has 0 radical (unpaired) electrons. The van der Waals surface area contributed by atoms with Gasteiger partial charge in [-0.2, -0.15) is 0 Å².